The molecular weight excluding hydrogens is 287 g/mol. The van der Waals surface area contributed by atoms with Crippen LogP contribution in [0.4, 0.5) is 4.39 Å². The van der Waals surface area contributed by atoms with Gasteiger partial charge in [0, 0.05) is 18.5 Å². The van der Waals surface area contributed by atoms with Crippen molar-refractivity contribution in [3.8, 4) is 5.75 Å². The van der Waals surface area contributed by atoms with Crippen LogP contribution >= 0.6 is 0 Å². The van der Waals surface area contributed by atoms with Crippen LogP contribution in [0.15, 0.2) is 24.3 Å². The number of hydrogen-bond donors (Lipinski definition) is 3. The van der Waals surface area contributed by atoms with E-state index in [-0.39, 0.29) is 36.8 Å². The van der Waals surface area contributed by atoms with Gasteiger partial charge in [-0.2, -0.15) is 0 Å². The van der Waals surface area contributed by atoms with Crippen molar-refractivity contribution in [2.75, 3.05) is 13.2 Å². The summed E-state index contributed by atoms with van der Waals surface area (Å²) in [6.45, 7) is 0.169. The van der Waals surface area contributed by atoms with Gasteiger partial charge < -0.3 is 20.9 Å². The summed E-state index contributed by atoms with van der Waals surface area (Å²) in [7, 11) is 0. The van der Waals surface area contributed by atoms with Crippen molar-refractivity contribution in [1.82, 2.24) is 5.32 Å². The van der Waals surface area contributed by atoms with E-state index < -0.39 is 6.10 Å². The molecule has 3 unspecified atom stereocenters. The number of ether oxygens (including phenoxy) is 1. The summed E-state index contributed by atoms with van der Waals surface area (Å²) in [5.74, 6) is 0.0147. The summed E-state index contributed by atoms with van der Waals surface area (Å²) in [6.07, 6.45) is 2.68. The van der Waals surface area contributed by atoms with Gasteiger partial charge in [-0.1, -0.05) is 6.42 Å². The van der Waals surface area contributed by atoms with Gasteiger partial charge in [-0.3, -0.25) is 4.79 Å². The van der Waals surface area contributed by atoms with E-state index in [1.807, 2.05) is 0 Å². The Bertz CT molecular complexity index is 481. The zero-order valence-corrected chi connectivity index (χ0v) is 12.5. The fraction of sp³-hybridized carbons (Fsp3) is 0.562. The standard InChI is InChI=1S/C16H23FN2O3/c17-12-4-6-15(7-5-12)22-10-14(20)9-19-16(21)11-2-1-3-13(18)8-11/h4-7,11,13-14,20H,1-3,8-10,18H2,(H,19,21). The Labute approximate surface area is 129 Å². The third kappa shape index (κ3) is 5.27. The maximum Gasteiger partial charge on any atom is 0.223 e. The first-order valence-electron chi connectivity index (χ1n) is 7.64. The van der Waals surface area contributed by atoms with Crippen LogP contribution in [0, 0.1) is 11.7 Å². The van der Waals surface area contributed by atoms with Gasteiger partial charge >= 0.3 is 0 Å². The second kappa shape index (κ2) is 8.10. The lowest BCUT2D eigenvalue weighted by Crippen LogP contribution is -2.41. The number of hydrogen-bond acceptors (Lipinski definition) is 4. The molecule has 22 heavy (non-hydrogen) atoms. The minimum Gasteiger partial charge on any atom is -0.491 e. The van der Waals surface area contributed by atoms with Crippen LogP contribution in [-0.4, -0.2) is 36.3 Å². The lowest BCUT2D eigenvalue weighted by atomic mass is 9.85. The number of aliphatic hydroxyl groups is 1. The van der Waals surface area contributed by atoms with Crippen LogP contribution in [0.1, 0.15) is 25.7 Å². The lowest BCUT2D eigenvalue weighted by Gasteiger charge is -2.26. The Morgan fingerprint density at radius 2 is 2.14 bits per heavy atom. The maximum atomic E-state index is 12.7. The van der Waals surface area contributed by atoms with Crippen LogP contribution in [-0.2, 0) is 4.79 Å². The average Bonchev–Trinajstić information content (AvgIpc) is 2.52. The lowest BCUT2D eigenvalue weighted by molar-refractivity contribution is -0.126. The quantitative estimate of drug-likeness (QED) is 0.737. The highest BCUT2D eigenvalue weighted by Crippen LogP contribution is 2.23. The molecule has 0 bridgehead atoms. The molecule has 0 aliphatic heterocycles. The Morgan fingerprint density at radius 1 is 1.41 bits per heavy atom. The smallest absolute Gasteiger partial charge is 0.223 e. The van der Waals surface area contributed by atoms with Gasteiger partial charge in [0.25, 0.3) is 0 Å². The fourth-order valence-corrected chi connectivity index (χ4v) is 2.61. The Hall–Kier alpha value is -1.66. The molecule has 1 aromatic carbocycles. The number of nitrogens with one attached hydrogen (secondary N) is 1. The van der Waals surface area contributed by atoms with Crippen LogP contribution in [0.5, 0.6) is 5.75 Å². The number of benzene rings is 1. The van der Waals surface area contributed by atoms with Gasteiger partial charge in [0.05, 0.1) is 0 Å². The summed E-state index contributed by atoms with van der Waals surface area (Å²) in [6, 6.07) is 5.65. The molecule has 0 aromatic heterocycles. The SMILES string of the molecule is NC1CCCC(C(=O)NCC(O)COc2ccc(F)cc2)C1. The first kappa shape index (κ1) is 16.7. The van der Waals surface area contributed by atoms with Gasteiger partial charge in [-0.15, -0.1) is 0 Å². The number of amides is 1. The average molecular weight is 310 g/mol. The third-order valence-corrected chi connectivity index (χ3v) is 3.85. The summed E-state index contributed by atoms with van der Waals surface area (Å²) in [5.41, 5.74) is 5.87. The van der Waals surface area contributed by atoms with E-state index in [1.54, 1.807) is 0 Å². The van der Waals surface area contributed by atoms with E-state index in [4.69, 9.17) is 10.5 Å². The number of rotatable bonds is 6. The number of nitrogens with two attached hydrogens (primary N) is 1. The van der Waals surface area contributed by atoms with Gasteiger partial charge in [-0.25, -0.2) is 4.39 Å². The molecular formula is C16H23FN2O3. The summed E-state index contributed by atoms with van der Waals surface area (Å²) in [4.78, 5) is 12.0. The first-order valence-corrected chi connectivity index (χ1v) is 7.64. The molecule has 0 radical (unpaired) electrons. The van der Waals surface area contributed by atoms with E-state index in [9.17, 15) is 14.3 Å². The predicted molar refractivity (Wildman–Crippen MR) is 80.8 cm³/mol. The molecule has 122 valence electrons. The minimum absolute atomic E-state index is 0.0378. The van der Waals surface area contributed by atoms with Crippen molar-refractivity contribution in [3.63, 3.8) is 0 Å². The van der Waals surface area contributed by atoms with Gasteiger partial charge in [-0.05, 0) is 43.5 Å². The molecule has 0 saturated heterocycles. The fourth-order valence-electron chi connectivity index (χ4n) is 2.61. The molecule has 4 N–H and O–H groups in total. The van der Waals surface area contributed by atoms with Crippen molar-refractivity contribution in [2.45, 2.75) is 37.8 Å². The number of carbonyl (C=O) groups excluding carboxylic acids is 1. The molecule has 3 atom stereocenters. The summed E-state index contributed by atoms with van der Waals surface area (Å²) < 4.78 is 18.1. The predicted octanol–water partition coefficient (Wildman–Crippen LogP) is 1.20. The molecule has 1 aliphatic carbocycles. The van der Waals surface area contributed by atoms with Crippen molar-refractivity contribution < 1.29 is 19.0 Å². The van der Waals surface area contributed by atoms with Gasteiger partial charge in [0.1, 0.15) is 24.3 Å². The van der Waals surface area contributed by atoms with Crippen molar-refractivity contribution in [2.24, 2.45) is 11.7 Å². The van der Waals surface area contributed by atoms with Gasteiger partial charge in [0.15, 0.2) is 0 Å². The zero-order valence-electron chi connectivity index (χ0n) is 12.5. The first-order chi connectivity index (χ1) is 10.5. The normalized spacial score (nSPS) is 22.9. The van der Waals surface area contributed by atoms with Gasteiger partial charge in [0.2, 0.25) is 5.91 Å². The second-order valence-corrected chi connectivity index (χ2v) is 5.79. The largest absolute Gasteiger partial charge is 0.491 e. The molecule has 1 amide bonds. The van der Waals surface area contributed by atoms with E-state index in [1.165, 1.54) is 24.3 Å². The van der Waals surface area contributed by atoms with Crippen molar-refractivity contribution in [1.29, 1.82) is 0 Å². The Balaban J connectivity index is 1.67. The maximum absolute atomic E-state index is 12.7. The Morgan fingerprint density at radius 3 is 2.82 bits per heavy atom. The minimum atomic E-state index is -0.814. The number of aliphatic hydroxyl groups excluding tert-OH is 1. The molecule has 6 heteroatoms. The molecule has 5 nitrogen and oxygen atoms in total. The van der Waals surface area contributed by atoms with Crippen LogP contribution in [0.3, 0.4) is 0 Å². The van der Waals surface area contributed by atoms with E-state index in [0.717, 1.165) is 19.3 Å². The van der Waals surface area contributed by atoms with E-state index >= 15 is 0 Å². The summed E-state index contributed by atoms with van der Waals surface area (Å²) >= 11 is 0. The molecule has 0 spiro atoms. The topological polar surface area (TPSA) is 84.6 Å². The highest BCUT2D eigenvalue weighted by atomic mass is 19.1. The number of carbonyl (C=O) groups is 1. The highest BCUT2D eigenvalue weighted by molar-refractivity contribution is 5.78. The molecule has 1 aliphatic rings. The summed E-state index contributed by atoms with van der Waals surface area (Å²) in [5, 5.41) is 12.6. The monoisotopic (exact) mass is 310 g/mol. The zero-order chi connectivity index (χ0) is 15.9. The molecule has 2 rings (SSSR count). The van der Waals surface area contributed by atoms with Crippen LogP contribution < -0.4 is 15.8 Å². The third-order valence-electron chi connectivity index (χ3n) is 3.85. The molecule has 1 saturated carbocycles. The van der Waals surface area contributed by atoms with Crippen LogP contribution in [0.2, 0.25) is 0 Å². The highest BCUT2D eigenvalue weighted by Gasteiger charge is 2.25. The van der Waals surface area contributed by atoms with E-state index in [0.29, 0.717) is 12.2 Å². The number of halogens is 1. The molecule has 1 fully saturated rings. The molecule has 1 aromatic rings. The second-order valence-electron chi connectivity index (χ2n) is 5.79. The Kier molecular flexibility index (Phi) is 6.15. The van der Waals surface area contributed by atoms with Crippen molar-refractivity contribution >= 4 is 5.91 Å². The van der Waals surface area contributed by atoms with Crippen LogP contribution in [0.25, 0.3) is 0 Å². The molecule has 0 heterocycles. The van der Waals surface area contributed by atoms with Crippen molar-refractivity contribution in [3.05, 3.63) is 30.1 Å². The van der Waals surface area contributed by atoms with E-state index in [2.05, 4.69) is 5.32 Å².